The summed E-state index contributed by atoms with van der Waals surface area (Å²) in [6.07, 6.45) is 5.27. The van der Waals surface area contributed by atoms with Gasteiger partial charge in [-0.1, -0.05) is 19.8 Å². The summed E-state index contributed by atoms with van der Waals surface area (Å²) in [6, 6.07) is 3.93. The quantitative estimate of drug-likeness (QED) is 0.840. The minimum absolute atomic E-state index is 0.268. The highest BCUT2D eigenvalue weighted by Crippen LogP contribution is 2.39. The number of hydrogen-bond acceptors (Lipinski definition) is 3. The Balaban J connectivity index is 2.35. The number of ether oxygens (including phenoxy) is 1. The molecule has 0 atom stereocenters. The molecule has 3 nitrogen and oxygen atoms in total. The summed E-state index contributed by atoms with van der Waals surface area (Å²) in [5.41, 5.74) is 2.57. The number of fused-ring (bicyclic) bond motifs is 1. The van der Waals surface area contributed by atoms with Crippen LogP contribution in [0.5, 0.6) is 11.5 Å². The molecule has 0 aromatic heterocycles. The number of phenolic OH excluding ortho intramolecular Hbond substituents is 1. The minimum Gasteiger partial charge on any atom is -0.507 e. The molecule has 1 aromatic rings. The van der Waals surface area contributed by atoms with Crippen LogP contribution in [0.2, 0.25) is 0 Å². The monoisotopic (exact) mass is 275 g/mol. The topological polar surface area (TPSA) is 41.8 Å². The van der Waals surface area contributed by atoms with E-state index in [0.717, 1.165) is 41.9 Å². The molecule has 1 aliphatic rings. The van der Waals surface area contributed by atoms with E-state index in [9.17, 15) is 5.11 Å². The van der Waals surface area contributed by atoms with E-state index < -0.39 is 0 Å². The van der Waals surface area contributed by atoms with Crippen LogP contribution in [0, 0.1) is 0 Å². The Morgan fingerprint density at radius 3 is 2.70 bits per heavy atom. The summed E-state index contributed by atoms with van der Waals surface area (Å²) in [5.74, 6) is 1.07. The first kappa shape index (κ1) is 14.9. The first-order chi connectivity index (χ1) is 9.46. The summed E-state index contributed by atoms with van der Waals surface area (Å²) in [5, 5.41) is 10.3. The number of benzene rings is 1. The molecular weight excluding hydrogens is 250 g/mol. The molecule has 1 aliphatic heterocycles. The molecule has 1 aromatic carbocycles. The Kier molecular flexibility index (Phi) is 4.36. The number of aromatic hydroxyl groups is 1. The minimum atomic E-state index is -0.268. The lowest BCUT2D eigenvalue weighted by Crippen LogP contribution is -2.36. The maximum Gasteiger partial charge on any atom is 0.133 e. The van der Waals surface area contributed by atoms with Gasteiger partial charge >= 0.3 is 0 Å². The van der Waals surface area contributed by atoms with Crippen molar-refractivity contribution in [1.82, 2.24) is 0 Å². The van der Waals surface area contributed by atoms with Gasteiger partial charge in [-0.15, -0.1) is 0 Å². The molecule has 0 fully saturated rings. The number of rotatable bonds is 4. The number of aliphatic imine (C=N–C) groups is 1. The lowest BCUT2D eigenvalue weighted by molar-refractivity contribution is 0.110. The van der Waals surface area contributed by atoms with Crippen LogP contribution >= 0.6 is 0 Å². The van der Waals surface area contributed by atoms with Crippen LogP contribution < -0.4 is 4.74 Å². The van der Waals surface area contributed by atoms with Crippen molar-refractivity contribution in [2.45, 2.75) is 58.5 Å². The SMILES string of the molecule is CCCCCc1cc(O)c2c(c1)OC(C)(C)CC2=NC. The summed E-state index contributed by atoms with van der Waals surface area (Å²) >= 11 is 0. The van der Waals surface area contributed by atoms with Gasteiger partial charge in [0.05, 0.1) is 11.3 Å². The number of phenols is 1. The van der Waals surface area contributed by atoms with E-state index in [1.165, 1.54) is 12.8 Å². The zero-order chi connectivity index (χ0) is 14.8. The Hall–Kier alpha value is -1.51. The molecule has 0 amide bonds. The summed E-state index contributed by atoms with van der Waals surface area (Å²) in [7, 11) is 1.77. The molecule has 20 heavy (non-hydrogen) atoms. The molecule has 0 saturated carbocycles. The third-order valence-electron chi connectivity index (χ3n) is 3.75. The van der Waals surface area contributed by atoms with Crippen LogP contribution in [0.15, 0.2) is 17.1 Å². The van der Waals surface area contributed by atoms with Gasteiger partial charge in [0.25, 0.3) is 0 Å². The van der Waals surface area contributed by atoms with Crippen LogP contribution in [0.4, 0.5) is 0 Å². The maximum absolute atomic E-state index is 10.3. The Labute approximate surface area is 121 Å². The van der Waals surface area contributed by atoms with Crippen molar-refractivity contribution < 1.29 is 9.84 Å². The zero-order valence-corrected chi connectivity index (χ0v) is 13.0. The van der Waals surface area contributed by atoms with Gasteiger partial charge in [-0.3, -0.25) is 4.99 Å². The van der Waals surface area contributed by atoms with Gasteiger partial charge in [0, 0.05) is 13.5 Å². The van der Waals surface area contributed by atoms with Crippen molar-refractivity contribution in [3.8, 4) is 11.5 Å². The van der Waals surface area contributed by atoms with E-state index in [4.69, 9.17) is 4.74 Å². The first-order valence-corrected chi connectivity index (χ1v) is 7.48. The van der Waals surface area contributed by atoms with Crippen molar-refractivity contribution >= 4 is 5.71 Å². The normalized spacial score (nSPS) is 18.7. The van der Waals surface area contributed by atoms with Gasteiger partial charge in [-0.25, -0.2) is 0 Å². The summed E-state index contributed by atoms with van der Waals surface area (Å²) < 4.78 is 6.04. The lowest BCUT2D eigenvalue weighted by Gasteiger charge is -2.34. The second kappa shape index (κ2) is 5.86. The molecule has 3 heteroatoms. The van der Waals surface area contributed by atoms with Gasteiger partial charge in [0.2, 0.25) is 0 Å². The zero-order valence-electron chi connectivity index (χ0n) is 13.0. The number of unbranched alkanes of at least 4 members (excludes halogenated alkanes) is 2. The predicted octanol–water partition coefficient (Wildman–Crippen LogP) is 4.10. The summed E-state index contributed by atoms with van der Waals surface area (Å²) in [4.78, 5) is 4.33. The van der Waals surface area contributed by atoms with E-state index >= 15 is 0 Å². The van der Waals surface area contributed by atoms with E-state index in [0.29, 0.717) is 5.75 Å². The largest absolute Gasteiger partial charge is 0.507 e. The maximum atomic E-state index is 10.3. The molecule has 1 N–H and O–H groups in total. The molecule has 0 bridgehead atoms. The van der Waals surface area contributed by atoms with E-state index in [2.05, 4.69) is 31.8 Å². The van der Waals surface area contributed by atoms with E-state index in [-0.39, 0.29) is 5.60 Å². The second-order valence-corrected chi connectivity index (χ2v) is 6.15. The van der Waals surface area contributed by atoms with Gasteiger partial charge in [0.15, 0.2) is 0 Å². The standard InChI is InChI=1S/C17H25NO2/c1-5-6-7-8-12-9-14(19)16-13(18-4)11-17(2,3)20-15(16)10-12/h9-10,19H,5-8,11H2,1-4H3. The molecule has 1 heterocycles. The van der Waals surface area contributed by atoms with Crippen LogP contribution in [-0.4, -0.2) is 23.5 Å². The number of hydrogen-bond donors (Lipinski definition) is 1. The molecule has 0 unspecified atom stereocenters. The second-order valence-electron chi connectivity index (χ2n) is 6.15. The first-order valence-electron chi connectivity index (χ1n) is 7.48. The highest BCUT2D eigenvalue weighted by Gasteiger charge is 2.32. The molecule has 2 rings (SSSR count). The van der Waals surface area contributed by atoms with Crippen molar-refractivity contribution in [3.05, 3.63) is 23.3 Å². The average Bonchev–Trinajstić information content (AvgIpc) is 2.36. The lowest BCUT2D eigenvalue weighted by atomic mass is 9.90. The molecule has 0 spiro atoms. The Morgan fingerprint density at radius 2 is 2.05 bits per heavy atom. The Morgan fingerprint density at radius 1 is 1.30 bits per heavy atom. The van der Waals surface area contributed by atoms with Gasteiger partial charge in [-0.2, -0.15) is 0 Å². The fourth-order valence-corrected chi connectivity index (χ4v) is 2.77. The van der Waals surface area contributed by atoms with Crippen LogP contribution in [0.1, 0.15) is 57.6 Å². The molecule has 0 aliphatic carbocycles. The third-order valence-corrected chi connectivity index (χ3v) is 3.75. The van der Waals surface area contributed by atoms with Gasteiger partial charge < -0.3 is 9.84 Å². The van der Waals surface area contributed by atoms with Crippen LogP contribution in [0.25, 0.3) is 0 Å². The van der Waals surface area contributed by atoms with E-state index in [1.807, 2.05) is 6.07 Å². The highest BCUT2D eigenvalue weighted by atomic mass is 16.5. The fraction of sp³-hybridized carbons (Fsp3) is 0.588. The number of nitrogens with zero attached hydrogens (tertiary/aromatic N) is 1. The van der Waals surface area contributed by atoms with Crippen LogP contribution in [0.3, 0.4) is 0 Å². The predicted molar refractivity (Wildman–Crippen MR) is 83.1 cm³/mol. The number of aryl methyl sites for hydroxylation is 1. The van der Waals surface area contributed by atoms with Crippen molar-refractivity contribution in [1.29, 1.82) is 0 Å². The molecular formula is C17H25NO2. The Bertz CT molecular complexity index is 518. The van der Waals surface area contributed by atoms with Gasteiger partial charge in [-0.05, 0) is 44.4 Å². The third kappa shape index (κ3) is 3.14. The van der Waals surface area contributed by atoms with Crippen molar-refractivity contribution in [3.63, 3.8) is 0 Å². The van der Waals surface area contributed by atoms with Crippen molar-refractivity contribution in [2.24, 2.45) is 4.99 Å². The van der Waals surface area contributed by atoms with E-state index in [1.54, 1.807) is 7.05 Å². The average molecular weight is 275 g/mol. The van der Waals surface area contributed by atoms with Gasteiger partial charge in [0.1, 0.15) is 17.1 Å². The summed E-state index contributed by atoms with van der Waals surface area (Å²) in [6.45, 7) is 6.31. The molecule has 110 valence electrons. The smallest absolute Gasteiger partial charge is 0.133 e. The van der Waals surface area contributed by atoms with Crippen LogP contribution in [-0.2, 0) is 6.42 Å². The van der Waals surface area contributed by atoms with Crippen molar-refractivity contribution in [2.75, 3.05) is 7.05 Å². The highest BCUT2D eigenvalue weighted by molar-refractivity contribution is 6.06. The molecule has 0 saturated heterocycles. The molecule has 0 radical (unpaired) electrons. The fourth-order valence-electron chi connectivity index (χ4n) is 2.77.